The second-order valence-electron chi connectivity index (χ2n) is 4.80. The molecule has 1 rings (SSSR count). The molecule has 1 heterocycles. The first-order chi connectivity index (χ1) is 7.17. The van der Waals surface area contributed by atoms with E-state index in [2.05, 4.69) is 13.8 Å². The number of piperidine rings is 1. The normalized spacial score (nSPS) is 23.9. The number of hydrogen-bond acceptors (Lipinski definition) is 2. The first kappa shape index (κ1) is 12.5. The van der Waals surface area contributed by atoms with Gasteiger partial charge in [0.2, 0.25) is 5.91 Å². The highest BCUT2D eigenvalue weighted by Gasteiger charge is 2.23. The van der Waals surface area contributed by atoms with E-state index in [-0.39, 0.29) is 0 Å². The van der Waals surface area contributed by atoms with E-state index >= 15 is 0 Å². The van der Waals surface area contributed by atoms with E-state index < -0.39 is 0 Å². The van der Waals surface area contributed by atoms with E-state index in [0.29, 0.717) is 30.7 Å². The van der Waals surface area contributed by atoms with Crippen LogP contribution in [0.15, 0.2) is 0 Å². The molecule has 0 aromatic rings. The van der Waals surface area contributed by atoms with Crippen molar-refractivity contribution in [3.05, 3.63) is 0 Å². The average Bonchev–Trinajstić information content (AvgIpc) is 2.28. The highest BCUT2D eigenvalue weighted by molar-refractivity contribution is 5.76. The fraction of sp³-hybridized carbons (Fsp3) is 0.917. The summed E-state index contributed by atoms with van der Waals surface area (Å²) in [4.78, 5) is 13.9. The Morgan fingerprint density at radius 3 is 2.93 bits per heavy atom. The molecule has 1 amide bonds. The predicted molar refractivity (Wildman–Crippen MR) is 62.4 cm³/mol. The highest BCUT2D eigenvalue weighted by Crippen LogP contribution is 2.18. The summed E-state index contributed by atoms with van der Waals surface area (Å²) in [6, 6.07) is 0. The third kappa shape index (κ3) is 3.82. The molecule has 2 atom stereocenters. The lowest BCUT2D eigenvalue weighted by atomic mass is 9.97. The second kappa shape index (κ2) is 6.11. The Hall–Kier alpha value is -0.570. The average molecular weight is 212 g/mol. The number of amides is 1. The summed E-state index contributed by atoms with van der Waals surface area (Å²) in [6.45, 7) is 6.81. The SMILES string of the molecule is CC[C@H](C)CC(=O)N1CCC[C@H](CN)C1. The Morgan fingerprint density at radius 2 is 2.33 bits per heavy atom. The number of carbonyl (C=O) groups excluding carboxylic acids is 1. The molecule has 0 bridgehead atoms. The molecule has 0 radical (unpaired) electrons. The topological polar surface area (TPSA) is 46.3 Å². The van der Waals surface area contributed by atoms with Gasteiger partial charge in [0, 0.05) is 19.5 Å². The smallest absolute Gasteiger partial charge is 0.222 e. The number of nitrogens with two attached hydrogens (primary N) is 1. The standard InChI is InChI=1S/C12H24N2O/c1-3-10(2)7-12(15)14-6-4-5-11(8-13)9-14/h10-11H,3-9,13H2,1-2H3/t10-,11+/m0/s1. The fourth-order valence-electron chi connectivity index (χ4n) is 2.06. The van der Waals surface area contributed by atoms with Gasteiger partial charge in [-0.2, -0.15) is 0 Å². The Kier molecular flexibility index (Phi) is 5.09. The van der Waals surface area contributed by atoms with E-state index in [0.717, 1.165) is 25.9 Å². The third-order valence-corrected chi connectivity index (χ3v) is 3.43. The van der Waals surface area contributed by atoms with E-state index in [1.165, 1.54) is 6.42 Å². The summed E-state index contributed by atoms with van der Waals surface area (Å²) < 4.78 is 0. The highest BCUT2D eigenvalue weighted by atomic mass is 16.2. The Morgan fingerprint density at radius 1 is 1.60 bits per heavy atom. The van der Waals surface area contributed by atoms with Crippen LogP contribution in [0, 0.1) is 11.8 Å². The van der Waals surface area contributed by atoms with E-state index in [1.807, 2.05) is 4.90 Å². The van der Waals surface area contributed by atoms with Gasteiger partial charge >= 0.3 is 0 Å². The first-order valence-electron chi connectivity index (χ1n) is 6.15. The molecule has 0 aromatic carbocycles. The third-order valence-electron chi connectivity index (χ3n) is 3.43. The van der Waals surface area contributed by atoms with Crippen LogP contribution in [0.25, 0.3) is 0 Å². The van der Waals surface area contributed by atoms with Crippen LogP contribution < -0.4 is 5.73 Å². The minimum atomic E-state index is 0.322. The van der Waals surface area contributed by atoms with E-state index in [1.54, 1.807) is 0 Å². The van der Waals surface area contributed by atoms with Crippen LogP contribution in [0.4, 0.5) is 0 Å². The summed E-state index contributed by atoms with van der Waals surface area (Å²) >= 11 is 0. The van der Waals surface area contributed by atoms with Gasteiger partial charge in [-0.15, -0.1) is 0 Å². The van der Waals surface area contributed by atoms with Gasteiger partial charge in [0.25, 0.3) is 0 Å². The number of likely N-dealkylation sites (tertiary alicyclic amines) is 1. The van der Waals surface area contributed by atoms with Crippen molar-refractivity contribution in [2.45, 2.75) is 39.5 Å². The van der Waals surface area contributed by atoms with Crippen molar-refractivity contribution < 1.29 is 4.79 Å². The molecular weight excluding hydrogens is 188 g/mol. The number of hydrogen-bond donors (Lipinski definition) is 1. The fourth-order valence-corrected chi connectivity index (χ4v) is 2.06. The Balaban J connectivity index is 2.38. The van der Waals surface area contributed by atoms with Gasteiger partial charge in [0.05, 0.1) is 0 Å². The van der Waals surface area contributed by atoms with Crippen molar-refractivity contribution in [2.24, 2.45) is 17.6 Å². The summed E-state index contributed by atoms with van der Waals surface area (Å²) in [6.07, 6.45) is 4.09. The van der Waals surface area contributed by atoms with Crippen molar-refractivity contribution in [2.75, 3.05) is 19.6 Å². The van der Waals surface area contributed by atoms with Crippen molar-refractivity contribution in [1.29, 1.82) is 0 Å². The van der Waals surface area contributed by atoms with Crippen LogP contribution in [-0.4, -0.2) is 30.4 Å². The maximum Gasteiger partial charge on any atom is 0.222 e. The van der Waals surface area contributed by atoms with Crippen molar-refractivity contribution >= 4 is 5.91 Å². The van der Waals surface area contributed by atoms with Gasteiger partial charge in [-0.3, -0.25) is 4.79 Å². The summed E-state index contributed by atoms with van der Waals surface area (Å²) in [5.74, 6) is 1.36. The molecule has 2 N–H and O–H groups in total. The van der Waals surface area contributed by atoms with Gasteiger partial charge in [-0.25, -0.2) is 0 Å². The van der Waals surface area contributed by atoms with Crippen LogP contribution in [0.1, 0.15) is 39.5 Å². The van der Waals surface area contributed by atoms with Crippen LogP contribution in [0.2, 0.25) is 0 Å². The lowest BCUT2D eigenvalue weighted by Gasteiger charge is -2.32. The Bertz CT molecular complexity index is 206. The molecule has 88 valence electrons. The summed E-state index contributed by atoms with van der Waals surface area (Å²) in [5, 5.41) is 0. The van der Waals surface area contributed by atoms with E-state index in [4.69, 9.17) is 5.73 Å². The summed E-state index contributed by atoms with van der Waals surface area (Å²) in [5.41, 5.74) is 5.66. The summed E-state index contributed by atoms with van der Waals surface area (Å²) in [7, 11) is 0. The lowest BCUT2D eigenvalue weighted by molar-refractivity contribution is -0.133. The van der Waals surface area contributed by atoms with Gasteiger partial charge in [-0.1, -0.05) is 20.3 Å². The van der Waals surface area contributed by atoms with Crippen LogP contribution in [0.3, 0.4) is 0 Å². The maximum absolute atomic E-state index is 11.9. The molecule has 1 fully saturated rings. The predicted octanol–water partition coefficient (Wildman–Crippen LogP) is 1.62. The van der Waals surface area contributed by atoms with Gasteiger partial charge in [0.1, 0.15) is 0 Å². The minimum absolute atomic E-state index is 0.322. The largest absolute Gasteiger partial charge is 0.342 e. The zero-order chi connectivity index (χ0) is 11.3. The van der Waals surface area contributed by atoms with Crippen molar-refractivity contribution in [3.63, 3.8) is 0 Å². The molecule has 3 nitrogen and oxygen atoms in total. The van der Waals surface area contributed by atoms with Gasteiger partial charge < -0.3 is 10.6 Å². The van der Waals surface area contributed by atoms with Crippen LogP contribution >= 0.6 is 0 Å². The van der Waals surface area contributed by atoms with Crippen LogP contribution in [0.5, 0.6) is 0 Å². The van der Waals surface area contributed by atoms with E-state index in [9.17, 15) is 4.79 Å². The second-order valence-corrected chi connectivity index (χ2v) is 4.80. The Labute approximate surface area is 93.0 Å². The lowest BCUT2D eigenvalue weighted by Crippen LogP contribution is -2.42. The number of nitrogens with zero attached hydrogens (tertiary/aromatic N) is 1. The molecule has 0 aliphatic carbocycles. The molecule has 1 aliphatic heterocycles. The first-order valence-corrected chi connectivity index (χ1v) is 6.15. The molecular formula is C12H24N2O. The van der Waals surface area contributed by atoms with Crippen LogP contribution in [-0.2, 0) is 4.79 Å². The minimum Gasteiger partial charge on any atom is -0.342 e. The zero-order valence-electron chi connectivity index (χ0n) is 10.0. The molecule has 15 heavy (non-hydrogen) atoms. The molecule has 3 heteroatoms. The monoisotopic (exact) mass is 212 g/mol. The molecule has 0 aromatic heterocycles. The number of rotatable bonds is 4. The quantitative estimate of drug-likeness (QED) is 0.769. The van der Waals surface area contributed by atoms with Gasteiger partial charge in [-0.05, 0) is 31.2 Å². The number of carbonyl (C=O) groups is 1. The van der Waals surface area contributed by atoms with Gasteiger partial charge in [0.15, 0.2) is 0 Å². The molecule has 1 saturated heterocycles. The molecule has 0 unspecified atom stereocenters. The maximum atomic E-state index is 11.9. The molecule has 0 saturated carbocycles. The van der Waals surface area contributed by atoms with Crippen molar-refractivity contribution in [3.8, 4) is 0 Å². The van der Waals surface area contributed by atoms with Crippen molar-refractivity contribution in [1.82, 2.24) is 4.90 Å². The molecule has 0 spiro atoms. The zero-order valence-corrected chi connectivity index (χ0v) is 10.0. The molecule has 1 aliphatic rings.